The van der Waals surface area contributed by atoms with Crippen LogP contribution >= 0.6 is 0 Å². The van der Waals surface area contributed by atoms with E-state index in [-0.39, 0.29) is 12.7 Å². The van der Waals surface area contributed by atoms with Crippen molar-refractivity contribution >= 4 is 5.69 Å². The number of benzene rings is 3. The number of nitrogens with zero attached hydrogens (tertiary/aromatic N) is 1. The van der Waals surface area contributed by atoms with E-state index in [9.17, 15) is 5.11 Å². The van der Waals surface area contributed by atoms with Crippen LogP contribution in [0, 0.1) is 0 Å². The van der Waals surface area contributed by atoms with E-state index in [4.69, 9.17) is 18.9 Å². The van der Waals surface area contributed by atoms with Gasteiger partial charge in [0.1, 0.15) is 11.5 Å². The van der Waals surface area contributed by atoms with Crippen molar-refractivity contribution in [2.75, 3.05) is 58.0 Å². The molecule has 2 aliphatic rings. The zero-order chi connectivity index (χ0) is 29.0. The van der Waals surface area contributed by atoms with Gasteiger partial charge in [0, 0.05) is 49.8 Å². The highest BCUT2D eigenvalue weighted by Crippen LogP contribution is 2.32. The Morgan fingerprint density at radius 3 is 2.71 bits per heavy atom. The summed E-state index contributed by atoms with van der Waals surface area (Å²) in [7, 11) is 1.68. The Morgan fingerprint density at radius 1 is 0.976 bits per heavy atom. The van der Waals surface area contributed by atoms with Gasteiger partial charge >= 0.3 is 0 Å². The number of nitrogens with one attached hydrogen (secondary N) is 1. The fourth-order valence-corrected chi connectivity index (χ4v) is 6.04. The van der Waals surface area contributed by atoms with Gasteiger partial charge in [-0.2, -0.15) is 0 Å². The summed E-state index contributed by atoms with van der Waals surface area (Å²) in [5, 5.41) is 12.8. The predicted molar refractivity (Wildman–Crippen MR) is 167 cm³/mol. The molecule has 2 atom stereocenters. The molecule has 0 saturated carbocycles. The van der Waals surface area contributed by atoms with Gasteiger partial charge in [0.25, 0.3) is 0 Å². The molecule has 7 heteroatoms. The van der Waals surface area contributed by atoms with Gasteiger partial charge in [-0.15, -0.1) is 0 Å². The lowest BCUT2D eigenvalue weighted by Crippen LogP contribution is -2.41. The molecule has 2 heterocycles. The van der Waals surface area contributed by atoms with Crippen LogP contribution in [-0.2, 0) is 29.1 Å². The summed E-state index contributed by atoms with van der Waals surface area (Å²) in [6.07, 6.45) is 5.09. The number of hydrogen-bond acceptors (Lipinski definition) is 7. The topological polar surface area (TPSA) is 72.4 Å². The molecular formula is C35H46N2O5. The Bertz CT molecular complexity index is 1230. The quantitative estimate of drug-likeness (QED) is 0.233. The zero-order valence-corrected chi connectivity index (χ0v) is 24.9. The Labute approximate surface area is 250 Å². The van der Waals surface area contributed by atoms with E-state index in [0.717, 1.165) is 68.9 Å². The third-order valence-electron chi connectivity index (χ3n) is 8.30. The average Bonchev–Trinajstić information content (AvgIpc) is 3.05. The number of hydrogen-bond donors (Lipinski definition) is 2. The first-order valence-electron chi connectivity index (χ1n) is 15.5. The Balaban J connectivity index is 1.08. The highest BCUT2D eigenvalue weighted by molar-refractivity contribution is 5.57. The number of aryl methyl sites for hydroxylation is 1. The van der Waals surface area contributed by atoms with Crippen LogP contribution in [0.25, 0.3) is 0 Å². The summed E-state index contributed by atoms with van der Waals surface area (Å²) >= 11 is 0. The highest BCUT2D eigenvalue weighted by Gasteiger charge is 2.27. The summed E-state index contributed by atoms with van der Waals surface area (Å²) in [6.45, 7) is 6.43. The second-order valence-corrected chi connectivity index (χ2v) is 11.2. The van der Waals surface area contributed by atoms with Gasteiger partial charge < -0.3 is 34.3 Å². The summed E-state index contributed by atoms with van der Waals surface area (Å²) in [5.41, 5.74) is 6.29. The molecule has 2 N–H and O–H groups in total. The fourth-order valence-electron chi connectivity index (χ4n) is 6.04. The number of aliphatic hydroxyl groups excluding tert-OH is 1. The Morgan fingerprint density at radius 2 is 1.86 bits per heavy atom. The average molecular weight is 575 g/mol. The monoisotopic (exact) mass is 574 g/mol. The molecule has 3 aromatic carbocycles. The molecule has 5 rings (SSSR count). The van der Waals surface area contributed by atoms with Crippen LogP contribution in [0.3, 0.4) is 0 Å². The minimum absolute atomic E-state index is 0.118. The normalized spacial score (nSPS) is 18.5. The van der Waals surface area contributed by atoms with Gasteiger partial charge in [-0.1, -0.05) is 42.5 Å². The molecule has 1 fully saturated rings. The van der Waals surface area contributed by atoms with Crippen molar-refractivity contribution in [2.24, 2.45) is 0 Å². The minimum atomic E-state index is 0.118. The molecule has 42 heavy (non-hydrogen) atoms. The van der Waals surface area contributed by atoms with Crippen molar-refractivity contribution in [3.05, 3.63) is 89.0 Å². The Hall–Kier alpha value is -3.10. The first-order valence-corrected chi connectivity index (χ1v) is 15.5. The molecular weight excluding hydrogens is 528 g/mol. The summed E-state index contributed by atoms with van der Waals surface area (Å²) in [6, 6.07) is 23.3. The minimum Gasteiger partial charge on any atom is -0.496 e. The maximum Gasteiger partial charge on any atom is 0.124 e. The van der Waals surface area contributed by atoms with Crippen molar-refractivity contribution < 1.29 is 24.1 Å². The second kappa shape index (κ2) is 15.9. The van der Waals surface area contributed by atoms with Crippen LogP contribution in [0.1, 0.15) is 53.9 Å². The third kappa shape index (κ3) is 8.26. The van der Waals surface area contributed by atoms with Gasteiger partial charge in [-0.3, -0.25) is 0 Å². The van der Waals surface area contributed by atoms with Gasteiger partial charge in [-0.25, -0.2) is 0 Å². The fraction of sp³-hybridized carbons (Fsp3) is 0.486. The first-order chi connectivity index (χ1) is 20.7. The van der Waals surface area contributed by atoms with Crippen LogP contribution in [0.5, 0.6) is 11.5 Å². The van der Waals surface area contributed by atoms with E-state index < -0.39 is 0 Å². The SMILES string of the molecule is COc1ccccc1COCCCOc1ccc([C@H]2CCNC[C@@H]2OCc2ccc3c(c2)N(CCCO)CCC3)cc1. The van der Waals surface area contributed by atoms with Crippen molar-refractivity contribution in [3.63, 3.8) is 0 Å². The van der Waals surface area contributed by atoms with Crippen LogP contribution < -0.4 is 19.7 Å². The van der Waals surface area contributed by atoms with Crippen LogP contribution in [-0.4, -0.2) is 64.3 Å². The second-order valence-electron chi connectivity index (χ2n) is 11.2. The van der Waals surface area contributed by atoms with E-state index in [1.54, 1.807) is 7.11 Å². The molecule has 3 aromatic rings. The van der Waals surface area contributed by atoms with Crippen LogP contribution in [0.4, 0.5) is 5.69 Å². The van der Waals surface area contributed by atoms with Crippen molar-refractivity contribution in [2.45, 2.75) is 57.3 Å². The summed E-state index contributed by atoms with van der Waals surface area (Å²) in [4.78, 5) is 2.42. The van der Waals surface area contributed by atoms with E-state index >= 15 is 0 Å². The number of anilines is 1. The maximum atomic E-state index is 9.31. The molecule has 7 nitrogen and oxygen atoms in total. The number of para-hydroxylation sites is 1. The molecule has 2 aliphatic heterocycles. The van der Waals surface area contributed by atoms with Crippen LogP contribution in [0.2, 0.25) is 0 Å². The number of fused-ring (bicyclic) bond motifs is 1. The lowest BCUT2D eigenvalue weighted by Gasteiger charge is -2.33. The number of rotatable bonds is 15. The highest BCUT2D eigenvalue weighted by atomic mass is 16.5. The Kier molecular flexibility index (Phi) is 11.5. The lowest BCUT2D eigenvalue weighted by molar-refractivity contribution is 0.0106. The molecule has 0 unspecified atom stereocenters. The molecule has 0 aliphatic carbocycles. The van der Waals surface area contributed by atoms with Crippen molar-refractivity contribution in [1.82, 2.24) is 5.32 Å². The van der Waals surface area contributed by atoms with E-state index in [1.165, 1.54) is 28.8 Å². The lowest BCUT2D eigenvalue weighted by atomic mass is 9.87. The molecule has 0 aromatic heterocycles. The van der Waals surface area contributed by atoms with Gasteiger partial charge in [-0.05, 0) is 73.2 Å². The zero-order valence-electron chi connectivity index (χ0n) is 24.9. The van der Waals surface area contributed by atoms with E-state index in [0.29, 0.717) is 32.3 Å². The largest absolute Gasteiger partial charge is 0.496 e. The maximum absolute atomic E-state index is 9.31. The van der Waals surface area contributed by atoms with Crippen molar-refractivity contribution in [3.8, 4) is 11.5 Å². The molecule has 0 radical (unpaired) electrons. The number of aliphatic hydroxyl groups is 1. The number of ether oxygens (including phenoxy) is 4. The van der Waals surface area contributed by atoms with Crippen LogP contribution in [0.15, 0.2) is 66.7 Å². The smallest absolute Gasteiger partial charge is 0.124 e. The predicted octanol–water partition coefficient (Wildman–Crippen LogP) is 5.48. The molecule has 226 valence electrons. The third-order valence-corrected chi connectivity index (χ3v) is 8.30. The number of piperidine rings is 1. The van der Waals surface area contributed by atoms with Gasteiger partial charge in [0.05, 0.1) is 39.6 Å². The first kappa shape index (κ1) is 30.4. The molecule has 0 bridgehead atoms. The van der Waals surface area contributed by atoms with Gasteiger partial charge in [0.2, 0.25) is 0 Å². The van der Waals surface area contributed by atoms with E-state index in [2.05, 4.69) is 52.7 Å². The van der Waals surface area contributed by atoms with Gasteiger partial charge in [0.15, 0.2) is 0 Å². The summed E-state index contributed by atoms with van der Waals surface area (Å²) < 4.78 is 23.7. The molecule has 0 spiro atoms. The number of methoxy groups -OCH3 is 1. The standard InChI is InChI=1S/C35H46N2O5/c1-39-34-9-3-2-7-30(34)26-40-21-6-22-41-31-14-12-28(13-15-31)32-16-17-36-24-35(32)42-25-27-10-11-29-8-4-18-37(19-5-20-38)33(29)23-27/h2-3,7,9-15,23,32,35-36,38H,4-6,8,16-22,24-26H2,1H3/t32-,35+/m1/s1. The molecule has 0 amide bonds. The van der Waals surface area contributed by atoms with E-state index in [1.807, 2.05) is 24.3 Å². The van der Waals surface area contributed by atoms with Crippen molar-refractivity contribution in [1.29, 1.82) is 0 Å². The summed E-state index contributed by atoms with van der Waals surface area (Å²) in [5.74, 6) is 2.09. The molecule has 1 saturated heterocycles.